The molecule has 0 amide bonds. The SMILES string of the molecule is CCNC1(CO)CCCC(N2CCN(CC(C)C)CC2)C1. The molecule has 2 rings (SSSR count). The first-order chi connectivity index (χ1) is 10.1. The molecule has 2 N–H and O–H groups in total. The van der Waals surface area contributed by atoms with E-state index >= 15 is 0 Å². The van der Waals surface area contributed by atoms with Crippen molar-refractivity contribution in [3.05, 3.63) is 0 Å². The molecule has 2 unspecified atom stereocenters. The van der Waals surface area contributed by atoms with Gasteiger partial charge in [-0.3, -0.25) is 4.90 Å². The zero-order valence-electron chi connectivity index (χ0n) is 14.3. The van der Waals surface area contributed by atoms with E-state index in [1.807, 2.05) is 0 Å². The van der Waals surface area contributed by atoms with E-state index in [9.17, 15) is 5.11 Å². The highest BCUT2D eigenvalue weighted by Gasteiger charge is 2.37. The minimum Gasteiger partial charge on any atom is -0.394 e. The van der Waals surface area contributed by atoms with Gasteiger partial charge in [0.2, 0.25) is 0 Å². The third-order valence-electron chi connectivity index (χ3n) is 5.22. The molecule has 0 bridgehead atoms. The second-order valence-corrected chi connectivity index (χ2v) is 7.45. The minimum atomic E-state index is -0.0211. The van der Waals surface area contributed by atoms with E-state index in [0.717, 1.165) is 25.3 Å². The lowest BCUT2D eigenvalue weighted by Crippen LogP contribution is -2.58. The molecule has 0 aromatic rings. The van der Waals surface area contributed by atoms with Gasteiger partial charge in [0, 0.05) is 44.3 Å². The monoisotopic (exact) mass is 297 g/mol. The van der Waals surface area contributed by atoms with Gasteiger partial charge in [-0.05, 0) is 38.1 Å². The lowest BCUT2D eigenvalue weighted by molar-refractivity contribution is 0.0309. The molecule has 1 saturated heterocycles. The van der Waals surface area contributed by atoms with Gasteiger partial charge in [0.05, 0.1) is 6.61 Å². The Morgan fingerprint density at radius 1 is 1.24 bits per heavy atom. The predicted octanol–water partition coefficient (Wildman–Crippen LogP) is 1.54. The van der Waals surface area contributed by atoms with Gasteiger partial charge in [0.25, 0.3) is 0 Å². The van der Waals surface area contributed by atoms with Crippen LogP contribution in [0.1, 0.15) is 46.5 Å². The van der Waals surface area contributed by atoms with Crippen molar-refractivity contribution >= 4 is 0 Å². The fraction of sp³-hybridized carbons (Fsp3) is 1.00. The van der Waals surface area contributed by atoms with Crippen molar-refractivity contribution < 1.29 is 5.11 Å². The summed E-state index contributed by atoms with van der Waals surface area (Å²) >= 11 is 0. The Balaban J connectivity index is 1.85. The van der Waals surface area contributed by atoms with Gasteiger partial charge >= 0.3 is 0 Å². The first kappa shape index (κ1) is 17.2. The molecule has 4 nitrogen and oxygen atoms in total. The molecule has 0 spiro atoms. The summed E-state index contributed by atoms with van der Waals surface area (Å²) in [5.41, 5.74) is -0.0211. The number of aliphatic hydroxyl groups excluding tert-OH is 1. The summed E-state index contributed by atoms with van der Waals surface area (Å²) in [4.78, 5) is 5.28. The maximum atomic E-state index is 9.84. The maximum Gasteiger partial charge on any atom is 0.0613 e. The Morgan fingerprint density at radius 2 is 1.95 bits per heavy atom. The van der Waals surface area contributed by atoms with Crippen LogP contribution in [0.5, 0.6) is 0 Å². The largest absolute Gasteiger partial charge is 0.394 e. The smallest absolute Gasteiger partial charge is 0.0613 e. The van der Waals surface area contributed by atoms with Gasteiger partial charge in [-0.2, -0.15) is 0 Å². The molecule has 0 aromatic heterocycles. The number of hydrogen-bond acceptors (Lipinski definition) is 4. The number of rotatable bonds is 6. The molecule has 4 heteroatoms. The van der Waals surface area contributed by atoms with Crippen LogP contribution in [0.4, 0.5) is 0 Å². The molecule has 0 aromatic carbocycles. The Labute approximate surface area is 130 Å². The number of nitrogens with one attached hydrogen (secondary N) is 1. The van der Waals surface area contributed by atoms with Crippen LogP contribution in [0, 0.1) is 5.92 Å². The molecular formula is C17H35N3O. The molecule has 21 heavy (non-hydrogen) atoms. The quantitative estimate of drug-likeness (QED) is 0.780. The van der Waals surface area contributed by atoms with Crippen LogP contribution >= 0.6 is 0 Å². The molecule has 1 aliphatic carbocycles. The van der Waals surface area contributed by atoms with E-state index in [0.29, 0.717) is 6.04 Å². The molecule has 124 valence electrons. The highest BCUT2D eigenvalue weighted by Crippen LogP contribution is 2.31. The van der Waals surface area contributed by atoms with E-state index in [4.69, 9.17) is 0 Å². The molecule has 1 heterocycles. The van der Waals surface area contributed by atoms with Crippen LogP contribution in [0.3, 0.4) is 0 Å². The predicted molar refractivity (Wildman–Crippen MR) is 88.6 cm³/mol. The van der Waals surface area contributed by atoms with Crippen molar-refractivity contribution in [1.82, 2.24) is 15.1 Å². The van der Waals surface area contributed by atoms with Crippen molar-refractivity contribution in [3.63, 3.8) is 0 Å². The highest BCUT2D eigenvalue weighted by atomic mass is 16.3. The lowest BCUT2D eigenvalue weighted by atomic mass is 9.78. The minimum absolute atomic E-state index is 0.0211. The van der Waals surface area contributed by atoms with Crippen LogP contribution in [0.15, 0.2) is 0 Å². The zero-order chi connectivity index (χ0) is 15.3. The van der Waals surface area contributed by atoms with Gasteiger partial charge in [-0.25, -0.2) is 0 Å². The van der Waals surface area contributed by atoms with E-state index in [-0.39, 0.29) is 12.1 Å². The van der Waals surface area contributed by atoms with Gasteiger partial charge in [0.1, 0.15) is 0 Å². The topological polar surface area (TPSA) is 38.7 Å². The first-order valence-corrected chi connectivity index (χ1v) is 8.91. The fourth-order valence-electron chi connectivity index (χ4n) is 4.21. The van der Waals surface area contributed by atoms with Crippen molar-refractivity contribution in [2.45, 2.75) is 58.0 Å². The molecule has 2 aliphatic rings. The second kappa shape index (κ2) is 7.91. The summed E-state index contributed by atoms with van der Waals surface area (Å²) < 4.78 is 0. The summed E-state index contributed by atoms with van der Waals surface area (Å²) in [6, 6.07) is 0.658. The molecule has 2 fully saturated rings. The number of aliphatic hydroxyl groups is 1. The average Bonchev–Trinajstić information content (AvgIpc) is 2.48. The Hall–Kier alpha value is -0.160. The van der Waals surface area contributed by atoms with E-state index in [1.165, 1.54) is 45.6 Å². The third-order valence-corrected chi connectivity index (χ3v) is 5.22. The van der Waals surface area contributed by atoms with E-state index in [1.54, 1.807) is 0 Å². The number of nitrogens with zero attached hydrogens (tertiary/aromatic N) is 2. The van der Waals surface area contributed by atoms with Crippen LogP contribution in [0.2, 0.25) is 0 Å². The molecular weight excluding hydrogens is 262 g/mol. The number of piperazine rings is 1. The summed E-state index contributed by atoms with van der Waals surface area (Å²) in [6.07, 6.45) is 4.78. The third kappa shape index (κ3) is 4.65. The standard InChI is InChI=1S/C17H35N3O/c1-4-18-17(14-21)7-5-6-16(12-17)20-10-8-19(9-11-20)13-15(2)3/h15-16,18,21H,4-14H2,1-3H3. The van der Waals surface area contributed by atoms with Gasteiger partial charge in [-0.1, -0.05) is 20.8 Å². The number of hydrogen-bond donors (Lipinski definition) is 2. The zero-order valence-corrected chi connectivity index (χ0v) is 14.3. The van der Waals surface area contributed by atoms with Crippen molar-refractivity contribution in [2.75, 3.05) is 45.9 Å². The Morgan fingerprint density at radius 3 is 2.52 bits per heavy atom. The van der Waals surface area contributed by atoms with Gasteiger partial charge in [-0.15, -0.1) is 0 Å². The van der Waals surface area contributed by atoms with Crippen molar-refractivity contribution in [2.24, 2.45) is 5.92 Å². The second-order valence-electron chi connectivity index (χ2n) is 7.45. The highest BCUT2D eigenvalue weighted by molar-refractivity contribution is 4.97. The molecule has 2 atom stereocenters. The van der Waals surface area contributed by atoms with Crippen LogP contribution in [-0.4, -0.2) is 72.4 Å². The first-order valence-electron chi connectivity index (χ1n) is 8.91. The fourth-order valence-corrected chi connectivity index (χ4v) is 4.21. The Kier molecular flexibility index (Phi) is 6.48. The summed E-state index contributed by atoms with van der Waals surface area (Å²) in [5, 5.41) is 13.4. The number of likely N-dealkylation sites (N-methyl/N-ethyl adjacent to an activating group) is 1. The molecule has 0 radical (unpaired) electrons. The maximum absolute atomic E-state index is 9.84. The van der Waals surface area contributed by atoms with Crippen LogP contribution < -0.4 is 5.32 Å². The Bertz CT molecular complexity index is 298. The van der Waals surface area contributed by atoms with E-state index in [2.05, 4.69) is 35.9 Å². The molecule has 1 aliphatic heterocycles. The van der Waals surface area contributed by atoms with Crippen molar-refractivity contribution in [3.8, 4) is 0 Å². The average molecular weight is 297 g/mol. The van der Waals surface area contributed by atoms with Crippen LogP contribution in [-0.2, 0) is 0 Å². The van der Waals surface area contributed by atoms with Crippen molar-refractivity contribution in [1.29, 1.82) is 0 Å². The van der Waals surface area contributed by atoms with Gasteiger partial charge < -0.3 is 15.3 Å². The normalized spacial score (nSPS) is 32.7. The summed E-state index contributed by atoms with van der Waals surface area (Å²) in [5.74, 6) is 0.766. The van der Waals surface area contributed by atoms with Gasteiger partial charge in [0.15, 0.2) is 0 Å². The summed E-state index contributed by atoms with van der Waals surface area (Å²) in [6.45, 7) is 14.0. The van der Waals surface area contributed by atoms with Crippen LogP contribution in [0.25, 0.3) is 0 Å². The molecule has 1 saturated carbocycles. The van der Waals surface area contributed by atoms with E-state index < -0.39 is 0 Å². The lowest BCUT2D eigenvalue weighted by Gasteiger charge is -2.47. The summed E-state index contributed by atoms with van der Waals surface area (Å²) in [7, 11) is 0.